The normalized spacial score (nSPS) is 48.2. The maximum atomic E-state index is 9.59. The summed E-state index contributed by atoms with van der Waals surface area (Å²) in [6.07, 6.45) is 9.39. The van der Waals surface area contributed by atoms with Crippen molar-refractivity contribution < 1.29 is 9.84 Å². The van der Waals surface area contributed by atoms with Gasteiger partial charge in [0.05, 0.1) is 6.10 Å². The molecule has 2 nitrogen and oxygen atoms in total. The minimum absolute atomic E-state index is 0.291. The summed E-state index contributed by atoms with van der Waals surface area (Å²) in [6, 6.07) is 0. The van der Waals surface area contributed by atoms with Crippen molar-refractivity contribution in [3.63, 3.8) is 0 Å². The van der Waals surface area contributed by atoms with E-state index in [2.05, 4.69) is 0 Å². The zero-order chi connectivity index (χ0) is 10.3. The fourth-order valence-electron chi connectivity index (χ4n) is 3.76. The first kappa shape index (κ1) is 10.1. The Morgan fingerprint density at radius 1 is 1.27 bits per heavy atom. The van der Waals surface area contributed by atoms with E-state index in [0.717, 1.165) is 18.4 Å². The third-order valence-electron chi connectivity index (χ3n) is 4.82. The molecule has 15 heavy (non-hydrogen) atoms. The van der Waals surface area contributed by atoms with Crippen molar-refractivity contribution in [3.05, 3.63) is 0 Å². The van der Waals surface area contributed by atoms with E-state index in [4.69, 9.17) is 4.74 Å². The molecule has 2 aliphatic carbocycles. The molecule has 3 unspecified atom stereocenters. The lowest BCUT2D eigenvalue weighted by atomic mass is 9.79. The monoisotopic (exact) mass is 210 g/mol. The summed E-state index contributed by atoms with van der Waals surface area (Å²) in [5.74, 6) is 1.95. The minimum Gasteiger partial charge on any atom is -0.396 e. The van der Waals surface area contributed by atoms with Gasteiger partial charge in [-0.25, -0.2) is 0 Å². The smallest absolute Gasteiger partial charge is 0.0576 e. The summed E-state index contributed by atoms with van der Waals surface area (Å²) in [5, 5.41) is 9.59. The maximum Gasteiger partial charge on any atom is 0.0576 e. The molecule has 2 heteroatoms. The van der Waals surface area contributed by atoms with Crippen LogP contribution in [0, 0.1) is 17.3 Å². The van der Waals surface area contributed by atoms with Gasteiger partial charge in [-0.05, 0) is 62.2 Å². The highest BCUT2D eigenvalue weighted by atomic mass is 16.5. The number of aliphatic hydroxyl groups is 1. The highest BCUT2D eigenvalue weighted by molar-refractivity contribution is 5.03. The van der Waals surface area contributed by atoms with Gasteiger partial charge >= 0.3 is 0 Å². The molecule has 0 spiro atoms. The molecular formula is C13H22O2. The molecule has 0 bridgehead atoms. The first-order chi connectivity index (χ1) is 7.31. The Bertz CT molecular complexity index is 223. The maximum absolute atomic E-state index is 9.59. The second-order valence-corrected chi connectivity index (χ2v) is 6.00. The highest BCUT2D eigenvalue weighted by Gasteiger charge is 2.53. The molecule has 0 radical (unpaired) electrons. The fraction of sp³-hybridized carbons (Fsp3) is 1.00. The number of hydrogen-bond donors (Lipinski definition) is 1. The van der Waals surface area contributed by atoms with Crippen LogP contribution in [0.5, 0.6) is 0 Å². The second kappa shape index (κ2) is 3.74. The molecule has 2 saturated carbocycles. The van der Waals surface area contributed by atoms with Crippen LogP contribution in [0.15, 0.2) is 0 Å². The van der Waals surface area contributed by atoms with Crippen molar-refractivity contribution in [3.8, 4) is 0 Å². The third kappa shape index (κ3) is 1.94. The van der Waals surface area contributed by atoms with E-state index >= 15 is 0 Å². The summed E-state index contributed by atoms with van der Waals surface area (Å²) < 4.78 is 5.66. The summed E-state index contributed by atoms with van der Waals surface area (Å²) in [6.45, 7) is 1.37. The molecule has 1 saturated heterocycles. The van der Waals surface area contributed by atoms with E-state index in [1.54, 1.807) is 0 Å². The van der Waals surface area contributed by atoms with Crippen LogP contribution in [0.3, 0.4) is 0 Å². The quantitative estimate of drug-likeness (QED) is 0.772. The predicted molar refractivity (Wildman–Crippen MR) is 58.6 cm³/mol. The molecule has 0 aromatic carbocycles. The van der Waals surface area contributed by atoms with Gasteiger partial charge in [0.1, 0.15) is 0 Å². The SMILES string of the molecule is OCC1(CCC2CCCO2)CC2CC2C1. The lowest BCUT2D eigenvalue weighted by Crippen LogP contribution is -2.25. The molecule has 1 heterocycles. The summed E-state index contributed by atoms with van der Waals surface area (Å²) in [4.78, 5) is 0. The molecule has 3 aliphatic rings. The van der Waals surface area contributed by atoms with E-state index in [0.29, 0.717) is 18.1 Å². The first-order valence-corrected chi connectivity index (χ1v) is 6.54. The topological polar surface area (TPSA) is 29.5 Å². The summed E-state index contributed by atoms with van der Waals surface area (Å²) >= 11 is 0. The van der Waals surface area contributed by atoms with E-state index in [-0.39, 0.29) is 0 Å². The van der Waals surface area contributed by atoms with Gasteiger partial charge in [0.2, 0.25) is 0 Å². The van der Waals surface area contributed by atoms with Crippen LogP contribution in [0.1, 0.15) is 44.9 Å². The van der Waals surface area contributed by atoms with Gasteiger partial charge in [0.25, 0.3) is 0 Å². The number of aliphatic hydroxyl groups excluding tert-OH is 1. The lowest BCUT2D eigenvalue weighted by molar-refractivity contribution is 0.0612. The molecule has 3 fully saturated rings. The Balaban J connectivity index is 1.51. The molecule has 1 N–H and O–H groups in total. The molecule has 86 valence electrons. The standard InChI is InChI=1S/C13H22O2/c14-9-13(7-10-6-11(10)8-13)4-3-12-2-1-5-15-12/h10-12,14H,1-9H2. The number of rotatable bonds is 4. The zero-order valence-electron chi connectivity index (χ0n) is 9.45. The van der Waals surface area contributed by atoms with E-state index < -0.39 is 0 Å². The van der Waals surface area contributed by atoms with Crippen LogP contribution in [-0.4, -0.2) is 24.4 Å². The zero-order valence-corrected chi connectivity index (χ0v) is 9.45. The number of fused-ring (bicyclic) bond motifs is 1. The Kier molecular flexibility index (Phi) is 2.52. The first-order valence-electron chi connectivity index (χ1n) is 6.54. The van der Waals surface area contributed by atoms with Crippen LogP contribution in [0.4, 0.5) is 0 Å². The molecule has 1 aliphatic heterocycles. The third-order valence-corrected chi connectivity index (χ3v) is 4.82. The van der Waals surface area contributed by atoms with Crippen molar-refractivity contribution in [1.29, 1.82) is 0 Å². The van der Waals surface area contributed by atoms with Crippen LogP contribution >= 0.6 is 0 Å². The average molecular weight is 210 g/mol. The van der Waals surface area contributed by atoms with Gasteiger partial charge in [0, 0.05) is 13.2 Å². The summed E-state index contributed by atoms with van der Waals surface area (Å²) in [7, 11) is 0. The predicted octanol–water partition coefficient (Wildman–Crippen LogP) is 2.35. The minimum atomic E-state index is 0.291. The van der Waals surface area contributed by atoms with Crippen molar-refractivity contribution >= 4 is 0 Å². The number of ether oxygens (including phenoxy) is 1. The molecule has 0 amide bonds. The van der Waals surface area contributed by atoms with Crippen LogP contribution in [0.2, 0.25) is 0 Å². The van der Waals surface area contributed by atoms with E-state index in [1.165, 1.54) is 44.9 Å². The second-order valence-electron chi connectivity index (χ2n) is 6.00. The van der Waals surface area contributed by atoms with Crippen molar-refractivity contribution in [1.82, 2.24) is 0 Å². The van der Waals surface area contributed by atoms with Gasteiger partial charge < -0.3 is 9.84 Å². The Morgan fingerprint density at radius 2 is 2.07 bits per heavy atom. The molecule has 0 aromatic heterocycles. The van der Waals surface area contributed by atoms with Crippen LogP contribution < -0.4 is 0 Å². The van der Waals surface area contributed by atoms with Crippen LogP contribution in [-0.2, 0) is 4.74 Å². The van der Waals surface area contributed by atoms with Gasteiger partial charge in [-0.2, -0.15) is 0 Å². The molecular weight excluding hydrogens is 188 g/mol. The van der Waals surface area contributed by atoms with E-state index in [1.807, 2.05) is 0 Å². The average Bonchev–Trinajstić information content (AvgIpc) is 2.75. The Labute approximate surface area is 92.0 Å². The fourth-order valence-corrected chi connectivity index (χ4v) is 3.76. The molecule has 3 rings (SSSR count). The lowest BCUT2D eigenvalue weighted by Gasteiger charge is -2.29. The van der Waals surface area contributed by atoms with Gasteiger partial charge in [0.15, 0.2) is 0 Å². The van der Waals surface area contributed by atoms with Crippen molar-refractivity contribution in [2.45, 2.75) is 51.0 Å². The Morgan fingerprint density at radius 3 is 2.67 bits per heavy atom. The highest BCUT2D eigenvalue weighted by Crippen LogP contribution is 2.61. The molecule has 3 atom stereocenters. The molecule has 0 aromatic rings. The van der Waals surface area contributed by atoms with Gasteiger partial charge in [-0.15, -0.1) is 0 Å². The van der Waals surface area contributed by atoms with Gasteiger partial charge in [-0.1, -0.05) is 0 Å². The van der Waals surface area contributed by atoms with Gasteiger partial charge in [-0.3, -0.25) is 0 Å². The number of hydrogen-bond acceptors (Lipinski definition) is 2. The van der Waals surface area contributed by atoms with E-state index in [9.17, 15) is 5.11 Å². The Hall–Kier alpha value is -0.0800. The largest absolute Gasteiger partial charge is 0.396 e. The van der Waals surface area contributed by atoms with Crippen molar-refractivity contribution in [2.75, 3.05) is 13.2 Å². The van der Waals surface area contributed by atoms with Crippen LogP contribution in [0.25, 0.3) is 0 Å². The summed E-state index contributed by atoms with van der Waals surface area (Å²) in [5.41, 5.74) is 0.291. The van der Waals surface area contributed by atoms with Crippen molar-refractivity contribution in [2.24, 2.45) is 17.3 Å².